The van der Waals surface area contributed by atoms with Crippen molar-refractivity contribution in [1.29, 1.82) is 0 Å². The Morgan fingerprint density at radius 1 is 0.974 bits per heavy atom. The highest BCUT2D eigenvalue weighted by molar-refractivity contribution is 7.92. The Morgan fingerprint density at radius 3 is 2.18 bits per heavy atom. The Kier molecular flexibility index (Phi) is 9.51. The van der Waals surface area contributed by atoms with Gasteiger partial charge in [0.1, 0.15) is 18.4 Å². The molecule has 2 amide bonds. The van der Waals surface area contributed by atoms with Crippen molar-refractivity contribution in [2.45, 2.75) is 51.2 Å². The van der Waals surface area contributed by atoms with Crippen LogP contribution in [0.5, 0.6) is 0 Å². The van der Waals surface area contributed by atoms with Crippen molar-refractivity contribution in [2.24, 2.45) is 0 Å². The number of hydrogen-bond acceptors (Lipinski definition) is 4. The zero-order chi connectivity index (χ0) is 28.0. The zero-order valence-electron chi connectivity index (χ0n) is 21.7. The molecular weight excluding hydrogens is 529 g/mol. The number of benzene rings is 3. The van der Waals surface area contributed by atoms with Crippen LogP contribution >= 0.6 is 11.6 Å². The average Bonchev–Trinajstić information content (AvgIpc) is 2.86. The minimum absolute atomic E-state index is 0.0194. The standard InChI is InChI=1S/C28H31ClFN3O4S/c1-19(2)31-28(35)21(4)32(17-22-8-12-24(30)13-9-22)27(34)18-33(25-7-5-6-20(3)16-25)38(36,37)26-14-10-23(29)11-15-26/h5-16,19,21H,17-18H2,1-4H3,(H,31,35)/t21-/m0/s1. The number of sulfonamides is 1. The number of carbonyl (C=O) groups is 2. The van der Waals surface area contributed by atoms with Crippen LogP contribution in [0.15, 0.2) is 77.7 Å². The highest BCUT2D eigenvalue weighted by atomic mass is 35.5. The first-order valence-corrected chi connectivity index (χ1v) is 13.9. The molecule has 0 aliphatic heterocycles. The number of aryl methyl sites for hydroxylation is 1. The van der Waals surface area contributed by atoms with Gasteiger partial charge in [-0.1, -0.05) is 35.9 Å². The van der Waals surface area contributed by atoms with Crippen LogP contribution in [0.3, 0.4) is 0 Å². The summed E-state index contributed by atoms with van der Waals surface area (Å²) in [5.41, 5.74) is 1.69. The molecule has 1 atom stereocenters. The molecule has 0 aliphatic rings. The summed E-state index contributed by atoms with van der Waals surface area (Å²) in [6.45, 7) is 6.41. The lowest BCUT2D eigenvalue weighted by atomic mass is 10.1. The smallest absolute Gasteiger partial charge is 0.264 e. The van der Waals surface area contributed by atoms with Crippen LogP contribution in [0, 0.1) is 12.7 Å². The molecule has 1 N–H and O–H groups in total. The second kappa shape index (κ2) is 12.4. The molecule has 0 unspecified atom stereocenters. The highest BCUT2D eigenvalue weighted by Crippen LogP contribution is 2.26. The number of anilines is 1. The van der Waals surface area contributed by atoms with E-state index in [9.17, 15) is 22.4 Å². The highest BCUT2D eigenvalue weighted by Gasteiger charge is 2.32. The predicted molar refractivity (Wildman–Crippen MR) is 147 cm³/mol. The molecule has 0 aliphatic carbocycles. The fourth-order valence-electron chi connectivity index (χ4n) is 3.82. The Balaban J connectivity index is 2.03. The van der Waals surface area contributed by atoms with Crippen molar-refractivity contribution in [3.63, 3.8) is 0 Å². The molecule has 0 saturated heterocycles. The summed E-state index contributed by atoms with van der Waals surface area (Å²) in [5, 5.41) is 3.16. The maximum absolute atomic E-state index is 13.8. The fraction of sp³-hybridized carbons (Fsp3) is 0.286. The molecule has 0 saturated carbocycles. The zero-order valence-corrected chi connectivity index (χ0v) is 23.3. The monoisotopic (exact) mass is 559 g/mol. The molecular formula is C28H31ClFN3O4S. The minimum Gasteiger partial charge on any atom is -0.352 e. The van der Waals surface area contributed by atoms with Gasteiger partial charge in [-0.05, 0) is 87.4 Å². The largest absolute Gasteiger partial charge is 0.352 e. The fourth-order valence-corrected chi connectivity index (χ4v) is 5.35. The average molecular weight is 560 g/mol. The van der Waals surface area contributed by atoms with Crippen molar-refractivity contribution in [2.75, 3.05) is 10.8 Å². The van der Waals surface area contributed by atoms with E-state index in [0.29, 0.717) is 16.3 Å². The molecule has 0 heterocycles. The number of nitrogens with zero attached hydrogens (tertiary/aromatic N) is 2. The van der Waals surface area contributed by atoms with Crippen molar-refractivity contribution in [3.05, 3.63) is 94.8 Å². The summed E-state index contributed by atoms with van der Waals surface area (Å²) in [5.74, 6) is -1.42. The van der Waals surface area contributed by atoms with E-state index < -0.39 is 40.2 Å². The maximum atomic E-state index is 13.8. The number of rotatable bonds is 10. The number of amides is 2. The number of carbonyl (C=O) groups excluding carboxylic acids is 2. The number of hydrogen-bond donors (Lipinski definition) is 1. The van der Waals surface area contributed by atoms with Crippen molar-refractivity contribution in [1.82, 2.24) is 10.2 Å². The van der Waals surface area contributed by atoms with E-state index >= 15 is 0 Å². The lowest BCUT2D eigenvalue weighted by Gasteiger charge is -2.32. The van der Waals surface area contributed by atoms with Gasteiger partial charge >= 0.3 is 0 Å². The van der Waals surface area contributed by atoms with Crippen LogP contribution in [-0.2, 0) is 26.2 Å². The summed E-state index contributed by atoms with van der Waals surface area (Å²) < 4.78 is 42.0. The van der Waals surface area contributed by atoms with Crippen molar-refractivity contribution in [3.8, 4) is 0 Å². The Morgan fingerprint density at radius 2 is 1.61 bits per heavy atom. The van der Waals surface area contributed by atoms with E-state index in [1.165, 1.54) is 53.4 Å². The van der Waals surface area contributed by atoms with Crippen LogP contribution in [0.2, 0.25) is 5.02 Å². The Bertz CT molecular complexity index is 1380. The molecule has 202 valence electrons. The number of halogens is 2. The SMILES string of the molecule is Cc1cccc(N(CC(=O)N(Cc2ccc(F)cc2)[C@@H](C)C(=O)NC(C)C)S(=O)(=O)c2ccc(Cl)cc2)c1. The third-order valence-corrected chi connectivity index (χ3v) is 7.87. The number of nitrogens with one attached hydrogen (secondary N) is 1. The van der Waals surface area contributed by atoms with Gasteiger partial charge in [0.25, 0.3) is 10.0 Å². The van der Waals surface area contributed by atoms with E-state index in [4.69, 9.17) is 11.6 Å². The van der Waals surface area contributed by atoms with Gasteiger partial charge in [0.15, 0.2) is 0 Å². The maximum Gasteiger partial charge on any atom is 0.264 e. The van der Waals surface area contributed by atoms with Crippen LogP contribution < -0.4 is 9.62 Å². The summed E-state index contributed by atoms with van der Waals surface area (Å²) in [4.78, 5) is 27.9. The van der Waals surface area contributed by atoms with E-state index in [-0.39, 0.29) is 17.5 Å². The molecule has 3 aromatic carbocycles. The van der Waals surface area contributed by atoms with E-state index in [2.05, 4.69) is 5.32 Å². The van der Waals surface area contributed by atoms with Crippen LogP contribution in [-0.4, -0.2) is 43.8 Å². The van der Waals surface area contributed by atoms with Gasteiger partial charge in [-0.15, -0.1) is 0 Å². The van der Waals surface area contributed by atoms with Gasteiger partial charge in [-0.2, -0.15) is 0 Å². The molecule has 38 heavy (non-hydrogen) atoms. The summed E-state index contributed by atoms with van der Waals surface area (Å²) in [7, 11) is -4.18. The van der Waals surface area contributed by atoms with Crippen LogP contribution in [0.4, 0.5) is 10.1 Å². The van der Waals surface area contributed by atoms with Crippen LogP contribution in [0.25, 0.3) is 0 Å². The van der Waals surface area contributed by atoms with Crippen molar-refractivity contribution < 1.29 is 22.4 Å². The lowest BCUT2D eigenvalue weighted by Crippen LogP contribution is -2.52. The van der Waals surface area contributed by atoms with E-state index in [1.54, 1.807) is 39.0 Å². The second-order valence-corrected chi connectivity index (χ2v) is 11.6. The molecule has 3 rings (SSSR count). The first-order chi connectivity index (χ1) is 17.9. The van der Waals surface area contributed by atoms with Crippen molar-refractivity contribution >= 4 is 39.1 Å². The Labute approximate surface area is 228 Å². The van der Waals surface area contributed by atoms with Crippen LogP contribution in [0.1, 0.15) is 31.9 Å². The lowest BCUT2D eigenvalue weighted by molar-refractivity contribution is -0.139. The first kappa shape index (κ1) is 29.1. The molecule has 10 heteroatoms. The first-order valence-electron chi connectivity index (χ1n) is 12.1. The minimum atomic E-state index is -4.18. The van der Waals surface area contributed by atoms with Gasteiger partial charge in [0, 0.05) is 17.6 Å². The quantitative estimate of drug-likeness (QED) is 0.382. The summed E-state index contributed by atoms with van der Waals surface area (Å²) in [6, 6.07) is 16.9. The van der Waals surface area contributed by atoms with E-state index in [1.807, 2.05) is 13.0 Å². The summed E-state index contributed by atoms with van der Waals surface area (Å²) in [6.07, 6.45) is 0. The van der Waals surface area contributed by atoms with Gasteiger partial charge in [-0.25, -0.2) is 12.8 Å². The van der Waals surface area contributed by atoms with Gasteiger partial charge in [-0.3, -0.25) is 13.9 Å². The summed E-state index contributed by atoms with van der Waals surface area (Å²) >= 11 is 5.96. The van der Waals surface area contributed by atoms with E-state index in [0.717, 1.165) is 9.87 Å². The molecule has 0 fully saturated rings. The predicted octanol–water partition coefficient (Wildman–Crippen LogP) is 4.92. The Hall–Kier alpha value is -3.43. The molecule has 0 bridgehead atoms. The normalized spacial score (nSPS) is 12.2. The van der Waals surface area contributed by atoms with Gasteiger partial charge in [0.05, 0.1) is 10.6 Å². The molecule has 0 aromatic heterocycles. The van der Waals surface area contributed by atoms with Gasteiger partial charge in [0.2, 0.25) is 11.8 Å². The molecule has 0 radical (unpaired) electrons. The topological polar surface area (TPSA) is 86.8 Å². The van der Waals surface area contributed by atoms with Gasteiger partial charge < -0.3 is 10.2 Å². The molecule has 7 nitrogen and oxygen atoms in total. The third kappa shape index (κ3) is 7.33. The third-order valence-electron chi connectivity index (χ3n) is 5.83. The molecule has 3 aromatic rings. The molecule has 0 spiro atoms. The second-order valence-electron chi connectivity index (χ2n) is 9.29.